The molecule has 1 aromatic carbocycles. The summed E-state index contributed by atoms with van der Waals surface area (Å²) in [6, 6.07) is 11.4. The minimum atomic E-state index is -5.08. The lowest BCUT2D eigenvalue weighted by molar-refractivity contribution is -0.192. The summed E-state index contributed by atoms with van der Waals surface area (Å²) < 4.78 is 37.0. The van der Waals surface area contributed by atoms with Gasteiger partial charge < -0.3 is 25.0 Å². The Hall–Kier alpha value is -4.16. The largest absolute Gasteiger partial charge is 0.497 e. The van der Waals surface area contributed by atoms with Crippen molar-refractivity contribution < 1.29 is 42.2 Å². The zero-order chi connectivity index (χ0) is 28.6. The van der Waals surface area contributed by atoms with E-state index in [2.05, 4.69) is 10.3 Å². The number of hydrogen-bond acceptors (Lipinski definition) is 6. The minimum absolute atomic E-state index is 0.144. The molecule has 13 heteroatoms. The molecule has 0 radical (unpaired) electrons. The van der Waals surface area contributed by atoms with E-state index in [1.54, 1.807) is 47.4 Å². The number of amides is 3. The molecule has 3 amide bonds. The predicted molar refractivity (Wildman–Crippen MR) is 132 cm³/mol. The van der Waals surface area contributed by atoms with Crippen molar-refractivity contribution >= 4 is 23.7 Å². The van der Waals surface area contributed by atoms with Crippen LogP contribution in [-0.2, 0) is 20.9 Å². The van der Waals surface area contributed by atoms with Crippen LogP contribution in [0.15, 0.2) is 48.7 Å². The van der Waals surface area contributed by atoms with Gasteiger partial charge in [-0.1, -0.05) is 12.1 Å². The van der Waals surface area contributed by atoms with Crippen LogP contribution in [0, 0.1) is 0 Å². The summed E-state index contributed by atoms with van der Waals surface area (Å²) in [7, 11) is 1.55. The highest BCUT2D eigenvalue weighted by Gasteiger charge is 2.42. The molecule has 0 spiro atoms. The third-order valence-electron chi connectivity index (χ3n) is 6.37. The van der Waals surface area contributed by atoms with Gasteiger partial charge in [-0.05, 0) is 56.0 Å². The number of hydrogen-bond donors (Lipinski definition) is 2. The number of carbonyl (C=O) groups excluding carboxylic acids is 3. The summed E-state index contributed by atoms with van der Waals surface area (Å²) in [5, 5.41) is 10.0. The molecule has 2 aliphatic heterocycles. The van der Waals surface area contributed by atoms with Crippen molar-refractivity contribution in [1.29, 1.82) is 0 Å². The van der Waals surface area contributed by atoms with Crippen LogP contribution in [0.2, 0.25) is 0 Å². The number of nitrogens with zero attached hydrogens (tertiary/aromatic N) is 3. The van der Waals surface area contributed by atoms with Gasteiger partial charge in [0.1, 0.15) is 17.8 Å². The number of carboxylic acids is 1. The molecule has 3 heterocycles. The number of rotatable bonds is 6. The van der Waals surface area contributed by atoms with E-state index in [-0.39, 0.29) is 17.7 Å². The summed E-state index contributed by atoms with van der Waals surface area (Å²) in [6.45, 7) is 1.37. The molecule has 210 valence electrons. The number of carboxylic acid groups (broad SMARTS) is 1. The van der Waals surface area contributed by atoms with E-state index >= 15 is 0 Å². The first-order valence-electron chi connectivity index (χ1n) is 12.3. The molecule has 2 aliphatic rings. The molecule has 0 unspecified atom stereocenters. The van der Waals surface area contributed by atoms with Gasteiger partial charge in [-0.3, -0.25) is 19.4 Å². The van der Waals surface area contributed by atoms with E-state index in [9.17, 15) is 27.6 Å². The first-order chi connectivity index (χ1) is 18.5. The monoisotopic (exact) mass is 550 g/mol. The molecule has 0 bridgehead atoms. The van der Waals surface area contributed by atoms with Crippen molar-refractivity contribution in [2.75, 3.05) is 20.2 Å². The number of benzene rings is 1. The second-order valence-electron chi connectivity index (χ2n) is 8.92. The number of halogens is 3. The summed E-state index contributed by atoms with van der Waals surface area (Å²) in [4.78, 5) is 55.8. The average molecular weight is 551 g/mol. The molecule has 0 saturated carbocycles. The van der Waals surface area contributed by atoms with Crippen molar-refractivity contribution in [2.24, 2.45) is 0 Å². The summed E-state index contributed by atoms with van der Waals surface area (Å²) in [6.07, 6.45) is -0.648. The number of aliphatic carboxylic acids is 1. The fourth-order valence-corrected chi connectivity index (χ4v) is 4.48. The lowest BCUT2D eigenvalue weighted by Crippen LogP contribution is -2.52. The second-order valence-corrected chi connectivity index (χ2v) is 8.92. The van der Waals surface area contributed by atoms with Crippen molar-refractivity contribution in [1.82, 2.24) is 20.1 Å². The Morgan fingerprint density at radius 1 is 1.03 bits per heavy atom. The third-order valence-corrected chi connectivity index (χ3v) is 6.37. The summed E-state index contributed by atoms with van der Waals surface area (Å²) in [5.74, 6) is -2.66. The highest BCUT2D eigenvalue weighted by molar-refractivity contribution is 5.99. The van der Waals surface area contributed by atoms with Crippen LogP contribution >= 0.6 is 0 Å². The van der Waals surface area contributed by atoms with Crippen molar-refractivity contribution in [2.45, 2.75) is 50.5 Å². The van der Waals surface area contributed by atoms with Crippen LogP contribution in [0.1, 0.15) is 41.7 Å². The molecule has 2 N–H and O–H groups in total. The maximum Gasteiger partial charge on any atom is 0.490 e. The van der Waals surface area contributed by atoms with E-state index < -0.39 is 24.2 Å². The zero-order valence-electron chi connectivity index (χ0n) is 21.2. The van der Waals surface area contributed by atoms with Crippen LogP contribution < -0.4 is 10.1 Å². The van der Waals surface area contributed by atoms with E-state index in [0.717, 1.165) is 18.5 Å². The highest BCUT2D eigenvalue weighted by Crippen LogP contribution is 2.27. The SMILES string of the molecule is COc1cccc(C(=O)N2CCC[C@H]2C(=O)N2CCC[C@H]2C(=O)NCc2ccccn2)c1.O=C(O)C(F)(F)F. The van der Waals surface area contributed by atoms with Crippen molar-refractivity contribution in [3.63, 3.8) is 0 Å². The van der Waals surface area contributed by atoms with Gasteiger partial charge in [-0.2, -0.15) is 13.2 Å². The van der Waals surface area contributed by atoms with Gasteiger partial charge in [0.25, 0.3) is 5.91 Å². The molecule has 4 rings (SSSR count). The Kier molecular flexibility index (Phi) is 9.85. The second kappa shape index (κ2) is 13.1. The number of ether oxygens (including phenoxy) is 1. The Bertz CT molecular complexity index is 1180. The molecular weight excluding hydrogens is 521 g/mol. The smallest absolute Gasteiger partial charge is 0.490 e. The number of likely N-dealkylation sites (tertiary alicyclic amines) is 2. The van der Waals surface area contributed by atoms with Gasteiger partial charge in [0, 0.05) is 24.8 Å². The van der Waals surface area contributed by atoms with E-state index in [1.807, 2.05) is 18.2 Å². The molecule has 2 atom stereocenters. The van der Waals surface area contributed by atoms with Gasteiger partial charge in [0.2, 0.25) is 11.8 Å². The first-order valence-corrected chi connectivity index (χ1v) is 12.3. The quantitative estimate of drug-likeness (QED) is 0.566. The lowest BCUT2D eigenvalue weighted by atomic mass is 10.1. The van der Waals surface area contributed by atoms with E-state index in [0.29, 0.717) is 43.8 Å². The van der Waals surface area contributed by atoms with Crippen molar-refractivity contribution in [3.05, 3.63) is 59.9 Å². The molecule has 2 aromatic rings. The lowest BCUT2D eigenvalue weighted by Gasteiger charge is -2.31. The fraction of sp³-hybridized carbons (Fsp3) is 0.423. The number of pyridine rings is 1. The van der Waals surface area contributed by atoms with Crippen LogP contribution in [0.4, 0.5) is 13.2 Å². The molecule has 10 nitrogen and oxygen atoms in total. The fourth-order valence-electron chi connectivity index (χ4n) is 4.48. The van der Waals surface area contributed by atoms with Gasteiger partial charge in [0.05, 0.1) is 19.3 Å². The maximum atomic E-state index is 13.4. The highest BCUT2D eigenvalue weighted by atomic mass is 19.4. The van der Waals surface area contributed by atoms with E-state index in [4.69, 9.17) is 14.6 Å². The van der Waals surface area contributed by atoms with Gasteiger partial charge in [-0.25, -0.2) is 4.79 Å². The van der Waals surface area contributed by atoms with Crippen LogP contribution in [-0.4, -0.2) is 82.0 Å². The number of alkyl halides is 3. The predicted octanol–water partition coefficient (Wildman–Crippen LogP) is 2.64. The molecule has 1 aromatic heterocycles. The molecule has 39 heavy (non-hydrogen) atoms. The maximum absolute atomic E-state index is 13.4. The van der Waals surface area contributed by atoms with Crippen LogP contribution in [0.3, 0.4) is 0 Å². The van der Waals surface area contributed by atoms with Crippen molar-refractivity contribution in [3.8, 4) is 5.75 Å². The zero-order valence-corrected chi connectivity index (χ0v) is 21.2. The number of methoxy groups -OCH3 is 1. The Balaban J connectivity index is 0.000000532. The normalized spacial score (nSPS) is 18.7. The Labute approximate surface area is 222 Å². The minimum Gasteiger partial charge on any atom is -0.497 e. The van der Waals surface area contributed by atoms with Gasteiger partial charge >= 0.3 is 12.1 Å². The van der Waals surface area contributed by atoms with E-state index in [1.165, 1.54) is 0 Å². The third kappa shape index (κ3) is 7.68. The summed E-state index contributed by atoms with van der Waals surface area (Å²) >= 11 is 0. The average Bonchev–Trinajstić information content (AvgIpc) is 3.62. The number of nitrogens with one attached hydrogen (secondary N) is 1. The standard InChI is InChI=1S/C24H28N4O4.C2HF3O2/c1-32-19-9-4-7-17(15-19)23(30)28-14-6-11-21(28)24(31)27-13-5-10-20(27)22(29)26-16-18-8-2-3-12-25-18;3-2(4,5)1(6)7/h2-4,7-9,12,15,20-21H,5-6,10-11,13-14,16H2,1H3,(H,26,29);(H,6,7)/t20-,21-;/m0./s1. The topological polar surface area (TPSA) is 129 Å². The van der Waals surface area contributed by atoms with Gasteiger partial charge in [0.15, 0.2) is 0 Å². The Morgan fingerprint density at radius 3 is 2.31 bits per heavy atom. The molecule has 2 saturated heterocycles. The molecule has 2 fully saturated rings. The van der Waals surface area contributed by atoms with Gasteiger partial charge in [-0.15, -0.1) is 0 Å². The van der Waals surface area contributed by atoms with Crippen LogP contribution in [0.5, 0.6) is 5.75 Å². The number of aromatic nitrogens is 1. The van der Waals surface area contributed by atoms with Crippen LogP contribution in [0.25, 0.3) is 0 Å². The first kappa shape index (κ1) is 29.4. The summed E-state index contributed by atoms with van der Waals surface area (Å²) in [5.41, 5.74) is 1.26. The molecule has 0 aliphatic carbocycles. The number of carbonyl (C=O) groups is 4. The Morgan fingerprint density at radius 2 is 1.69 bits per heavy atom. The molecular formula is C26H29F3N4O6.